The standard InChI is InChI=1S/C9H14N2O/c1-7(11-5-6-11)9(12)10-8-3-2-4-8/h8H,1-6H2,(H,10,12). The molecule has 0 aromatic carbocycles. The van der Waals surface area contributed by atoms with Gasteiger partial charge in [-0.2, -0.15) is 0 Å². The second-order valence-electron chi connectivity index (χ2n) is 3.54. The van der Waals surface area contributed by atoms with Crippen LogP contribution in [0.3, 0.4) is 0 Å². The van der Waals surface area contributed by atoms with Crippen molar-refractivity contribution in [2.24, 2.45) is 0 Å². The van der Waals surface area contributed by atoms with Crippen molar-refractivity contribution in [3.05, 3.63) is 12.3 Å². The first kappa shape index (κ1) is 7.65. The highest BCUT2D eigenvalue weighted by molar-refractivity contribution is 5.92. The first-order valence-electron chi connectivity index (χ1n) is 4.52. The lowest BCUT2D eigenvalue weighted by molar-refractivity contribution is -0.119. The molecular formula is C9H14N2O. The summed E-state index contributed by atoms with van der Waals surface area (Å²) in [5, 5.41) is 2.96. The largest absolute Gasteiger partial charge is 0.364 e. The summed E-state index contributed by atoms with van der Waals surface area (Å²) in [5.41, 5.74) is 0.641. The van der Waals surface area contributed by atoms with Crippen LogP contribution < -0.4 is 5.32 Å². The molecule has 1 aliphatic carbocycles. The van der Waals surface area contributed by atoms with Crippen LogP contribution in [0.25, 0.3) is 0 Å². The second-order valence-corrected chi connectivity index (χ2v) is 3.54. The Hall–Kier alpha value is -0.990. The number of rotatable bonds is 3. The van der Waals surface area contributed by atoms with Crippen LogP contribution in [-0.4, -0.2) is 29.9 Å². The van der Waals surface area contributed by atoms with Gasteiger partial charge in [0.2, 0.25) is 0 Å². The average Bonchev–Trinajstić information content (AvgIpc) is 2.77. The number of carbonyl (C=O) groups is 1. The first-order valence-corrected chi connectivity index (χ1v) is 4.52. The molecule has 1 saturated carbocycles. The topological polar surface area (TPSA) is 32.1 Å². The molecule has 66 valence electrons. The van der Waals surface area contributed by atoms with E-state index in [0.717, 1.165) is 25.9 Å². The fourth-order valence-corrected chi connectivity index (χ4v) is 1.28. The SMILES string of the molecule is C=C(C(=O)NC1CCC1)N1CC1. The van der Waals surface area contributed by atoms with Crippen LogP contribution >= 0.6 is 0 Å². The molecule has 1 saturated heterocycles. The highest BCUT2D eigenvalue weighted by atomic mass is 16.2. The van der Waals surface area contributed by atoms with Crippen molar-refractivity contribution >= 4 is 5.91 Å². The Morgan fingerprint density at radius 2 is 2.08 bits per heavy atom. The number of nitrogens with one attached hydrogen (secondary N) is 1. The van der Waals surface area contributed by atoms with Gasteiger partial charge < -0.3 is 10.2 Å². The molecule has 1 amide bonds. The third-order valence-corrected chi connectivity index (χ3v) is 2.53. The molecule has 3 nitrogen and oxygen atoms in total. The Balaban J connectivity index is 1.78. The van der Waals surface area contributed by atoms with E-state index >= 15 is 0 Å². The zero-order valence-electron chi connectivity index (χ0n) is 7.18. The van der Waals surface area contributed by atoms with Gasteiger partial charge in [0, 0.05) is 19.1 Å². The summed E-state index contributed by atoms with van der Waals surface area (Å²) in [6.45, 7) is 5.74. The summed E-state index contributed by atoms with van der Waals surface area (Å²) in [6, 6.07) is 0.425. The summed E-state index contributed by atoms with van der Waals surface area (Å²) >= 11 is 0. The van der Waals surface area contributed by atoms with E-state index in [2.05, 4.69) is 11.9 Å². The molecule has 3 heteroatoms. The molecule has 2 fully saturated rings. The lowest BCUT2D eigenvalue weighted by Crippen LogP contribution is -2.41. The minimum Gasteiger partial charge on any atom is -0.364 e. The van der Waals surface area contributed by atoms with Crippen molar-refractivity contribution in [1.29, 1.82) is 0 Å². The van der Waals surface area contributed by atoms with E-state index in [-0.39, 0.29) is 5.91 Å². The highest BCUT2D eigenvalue weighted by Gasteiger charge is 2.26. The van der Waals surface area contributed by atoms with Crippen LogP contribution in [0.1, 0.15) is 19.3 Å². The van der Waals surface area contributed by atoms with Gasteiger partial charge in [-0.1, -0.05) is 6.58 Å². The van der Waals surface area contributed by atoms with E-state index in [1.165, 1.54) is 6.42 Å². The Kier molecular flexibility index (Phi) is 1.79. The molecule has 1 heterocycles. The monoisotopic (exact) mass is 166 g/mol. The summed E-state index contributed by atoms with van der Waals surface area (Å²) in [5.74, 6) is 0.0252. The van der Waals surface area contributed by atoms with Gasteiger partial charge in [-0.25, -0.2) is 0 Å². The summed E-state index contributed by atoms with van der Waals surface area (Å²) < 4.78 is 0. The van der Waals surface area contributed by atoms with Crippen LogP contribution in [0, 0.1) is 0 Å². The van der Waals surface area contributed by atoms with Gasteiger partial charge >= 0.3 is 0 Å². The lowest BCUT2D eigenvalue weighted by atomic mass is 9.93. The molecule has 0 spiro atoms. The van der Waals surface area contributed by atoms with Crippen molar-refractivity contribution in [3.8, 4) is 0 Å². The van der Waals surface area contributed by atoms with Crippen LogP contribution in [0.4, 0.5) is 0 Å². The van der Waals surface area contributed by atoms with Gasteiger partial charge in [-0.05, 0) is 19.3 Å². The molecule has 0 radical (unpaired) electrons. The third-order valence-electron chi connectivity index (χ3n) is 2.53. The van der Waals surface area contributed by atoms with Gasteiger partial charge in [0.25, 0.3) is 5.91 Å². The molecule has 12 heavy (non-hydrogen) atoms. The third kappa shape index (κ3) is 1.44. The predicted molar refractivity (Wildman–Crippen MR) is 46.5 cm³/mol. The van der Waals surface area contributed by atoms with Crippen LogP contribution in [0.15, 0.2) is 12.3 Å². The van der Waals surface area contributed by atoms with E-state index in [0.29, 0.717) is 11.7 Å². The number of nitrogens with zero attached hydrogens (tertiary/aromatic N) is 1. The molecule has 1 aliphatic heterocycles. The minimum absolute atomic E-state index is 0.0252. The van der Waals surface area contributed by atoms with Crippen molar-refractivity contribution in [3.63, 3.8) is 0 Å². The van der Waals surface area contributed by atoms with E-state index in [4.69, 9.17) is 0 Å². The molecule has 1 N–H and O–H groups in total. The van der Waals surface area contributed by atoms with Gasteiger partial charge in [0.1, 0.15) is 0 Å². The Labute approximate surface area is 72.4 Å². The normalized spacial score (nSPS) is 21.5. The van der Waals surface area contributed by atoms with E-state index < -0.39 is 0 Å². The Morgan fingerprint density at radius 3 is 2.50 bits per heavy atom. The van der Waals surface area contributed by atoms with Crippen LogP contribution in [0.2, 0.25) is 0 Å². The van der Waals surface area contributed by atoms with Crippen LogP contribution in [0.5, 0.6) is 0 Å². The Morgan fingerprint density at radius 1 is 1.42 bits per heavy atom. The smallest absolute Gasteiger partial charge is 0.267 e. The average molecular weight is 166 g/mol. The second kappa shape index (κ2) is 2.81. The maximum absolute atomic E-state index is 11.4. The summed E-state index contributed by atoms with van der Waals surface area (Å²) in [6.07, 6.45) is 3.53. The summed E-state index contributed by atoms with van der Waals surface area (Å²) in [4.78, 5) is 13.4. The van der Waals surface area contributed by atoms with Crippen molar-refractivity contribution in [2.45, 2.75) is 25.3 Å². The lowest BCUT2D eigenvalue weighted by Gasteiger charge is -2.26. The molecule has 0 atom stereocenters. The van der Waals surface area contributed by atoms with Crippen molar-refractivity contribution in [2.75, 3.05) is 13.1 Å². The molecule has 2 aliphatic rings. The first-order chi connectivity index (χ1) is 5.77. The fourth-order valence-electron chi connectivity index (χ4n) is 1.28. The molecule has 2 rings (SSSR count). The highest BCUT2D eigenvalue weighted by Crippen LogP contribution is 2.19. The van der Waals surface area contributed by atoms with Gasteiger partial charge in [-0.15, -0.1) is 0 Å². The van der Waals surface area contributed by atoms with Crippen molar-refractivity contribution in [1.82, 2.24) is 10.2 Å². The predicted octanol–water partition coefficient (Wildman–Crippen LogP) is 0.484. The van der Waals surface area contributed by atoms with Gasteiger partial charge in [0.05, 0.1) is 5.70 Å². The molecule has 0 aromatic heterocycles. The van der Waals surface area contributed by atoms with Crippen molar-refractivity contribution < 1.29 is 4.79 Å². The maximum Gasteiger partial charge on any atom is 0.267 e. The van der Waals surface area contributed by atoms with E-state index in [9.17, 15) is 4.79 Å². The number of hydrogen-bond acceptors (Lipinski definition) is 2. The molecule has 0 unspecified atom stereocenters. The summed E-state index contributed by atoms with van der Waals surface area (Å²) in [7, 11) is 0. The zero-order chi connectivity index (χ0) is 8.55. The molecule has 0 bridgehead atoms. The molecule has 0 aromatic rings. The fraction of sp³-hybridized carbons (Fsp3) is 0.667. The van der Waals surface area contributed by atoms with Gasteiger partial charge in [0.15, 0.2) is 0 Å². The van der Waals surface area contributed by atoms with Gasteiger partial charge in [-0.3, -0.25) is 4.79 Å². The molecular weight excluding hydrogens is 152 g/mol. The van der Waals surface area contributed by atoms with E-state index in [1.54, 1.807) is 0 Å². The quantitative estimate of drug-likeness (QED) is 0.488. The minimum atomic E-state index is 0.0252. The number of amides is 1. The maximum atomic E-state index is 11.4. The van der Waals surface area contributed by atoms with E-state index in [1.807, 2.05) is 4.90 Å². The number of hydrogen-bond donors (Lipinski definition) is 1. The Bertz CT molecular complexity index is 217. The van der Waals surface area contributed by atoms with Crippen LogP contribution in [-0.2, 0) is 4.79 Å². The zero-order valence-corrected chi connectivity index (χ0v) is 7.18. The number of carbonyl (C=O) groups excluding carboxylic acids is 1.